The van der Waals surface area contributed by atoms with E-state index in [9.17, 15) is 22.8 Å². The summed E-state index contributed by atoms with van der Waals surface area (Å²) >= 11 is 0. The fraction of sp³-hybridized carbons (Fsp3) is 0.258. The number of nitrogens with one attached hydrogen (secondary N) is 1. The van der Waals surface area contributed by atoms with Crippen molar-refractivity contribution in [3.8, 4) is 5.69 Å². The topological polar surface area (TPSA) is 67.2 Å². The fourth-order valence-corrected chi connectivity index (χ4v) is 4.06. The number of benzene rings is 3. The first-order chi connectivity index (χ1) is 18.8. The van der Waals surface area contributed by atoms with E-state index >= 15 is 0 Å². The largest absolute Gasteiger partial charge is 0.416 e. The summed E-state index contributed by atoms with van der Waals surface area (Å²) in [6.07, 6.45) is -4.52. The second-order valence-electron chi connectivity index (χ2n) is 10.7. The summed E-state index contributed by atoms with van der Waals surface area (Å²) < 4.78 is 40.8. The molecule has 9 heteroatoms. The third-order valence-corrected chi connectivity index (χ3v) is 6.32. The SMILES string of the molecule is Cc1ccc(-n2nc(C(C)(C)C)cc2NC(=O)CN(Cc2ccccc2)C(=O)c2ccc(C(F)(F)F)cc2)cc1. The summed E-state index contributed by atoms with van der Waals surface area (Å²) in [4.78, 5) is 28.0. The Labute approximate surface area is 231 Å². The number of aromatic nitrogens is 2. The first-order valence-corrected chi connectivity index (χ1v) is 12.8. The Morgan fingerprint density at radius 2 is 1.52 bits per heavy atom. The summed E-state index contributed by atoms with van der Waals surface area (Å²) in [5.74, 6) is -0.583. The van der Waals surface area contributed by atoms with E-state index < -0.39 is 23.6 Å². The van der Waals surface area contributed by atoms with Crippen LogP contribution in [0, 0.1) is 6.92 Å². The van der Waals surface area contributed by atoms with E-state index in [0.717, 1.165) is 46.8 Å². The lowest BCUT2D eigenvalue weighted by Crippen LogP contribution is -2.37. The smallest absolute Gasteiger partial charge is 0.325 e. The van der Waals surface area contributed by atoms with Crippen LogP contribution in [0.2, 0.25) is 0 Å². The molecule has 0 aliphatic carbocycles. The quantitative estimate of drug-likeness (QED) is 0.277. The van der Waals surface area contributed by atoms with Crippen LogP contribution in [0.3, 0.4) is 0 Å². The molecular weight excluding hydrogens is 517 g/mol. The van der Waals surface area contributed by atoms with Gasteiger partial charge in [-0.05, 0) is 48.9 Å². The van der Waals surface area contributed by atoms with E-state index in [0.29, 0.717) is 5.82 Å². The van der Waals surface area contributed by atoms with Crippen molar-refractivity contribution >= 4 is 17.6 Å². The van der Waals surface area contributed by atoms with Gasteiger partial charge in [0.25, 0.3) is 5.91 Å². The Balaban J connectivity index is 1.61. The van der Waals surface area contributed by atoms with Crippen LogP contribution in [-0.4, -0.2) is 33.0 Å². The van der Waals surface area contributed by atoms with Crippen molar-refractivity contribution in [1.82, 2.24) is 14.7 Å². The minimum Gasteiger partial charge on any atom is -0.325 e. The number of amides is 2. The van der Waals surface area contributed by atoms with Gasteiger partial charge in [0.05, 0.1) is 16.9 Å². The highest BCUT2D eigenvalue weighted by atomic mass is 19.4. The van der Waals surface area contributed by atoms with Gasteiger partial charge in [0, 0.05) is 23.6 Å². The highest BCUT2D eigenvalue weighted by Crippen LogP contribution is 2.30. The Bertz CT molecular complexity index is 1470. The highest BCUT2D eigenvalue weighted by molar-refractivity contribution is 5.99. The molecule has 208 valence electrons. The maximum Gasteiger partial charge on any atom is 0.416 e. The van der Waals surface area contributed by atoms with Gasteiger partial charge in [-0.2, -0.15) is 18.3 Å². The fourth-order valence-electron chi connectivity index (χ4n) is 4.06. The van der Waals surface area contributed by atoms with Gasteiger partial charge in [-0.3, -0.25) is 9.59 Å². The number of hydrogen-bond acceptors (Lipinski definition) is 3. The van der Waals surface area contributed by atoms with Gasteiger partial charge in [-0.25, -0.2) is 4.68 Å². The molecular formula is C31H31F3N4O2. The van der Waals surface area contributed by atoms with E-state index in [4.69, 9.17) is 5.10 Å². The second-order valence-corrected chi connectivity index (χ2v) is 10.7. The predicted molar refractivity (Wildman–Crippen MR) is 148 cm³/mol. The van der Waals surface area contributed by atoms with Crippen LogP contribution >= 0.6 is 0 Å². The van der Waals surface area contributed by atoms with Crippen molar-refractivity contribution in [2.24, 2.45) is 0 Å². The molecule has 0 saturated heterocycles. The molecule has 0 aliphatic rings. The molecule has 0 spiro atoms. The Kier molecular flexibility index (Phi) is 8.13. The second kappa shape index (κ2) is 11.4. The number of carbonyl (C=O) groups excluding carboxylic acids is 2. The van der Waals surface area contributed by atoms with Crippen LogP contribution in [0.25, 0.3) is 5.69 Å². The zero-order valence-electron chi connectivity index (χ0n) is 22.8. The molecule has 0 aliphatic heterocycles. The normalized spacial score (nSPS) is 11.8. The van der Waals surface area contributed by atoms with Gasteiger partial charge in [0.2, 0.25) is 5.91 Å². The molecule has 0 atom stereocenters. The van der Waals surface area contributed by atoms with Gasteiger partial charge in [0.1, 0.15) is 12.4 Å². The molecule has 6 nitrogen and oxygen atoms in total. The molecule has 4 rings (SSSR count). The van der Waals surface area contributed by atoms with Crippen molar-refractivity contribution in [1.29, 1.82) is 0 Å². The van der Waals surface area contributed by atoms with Crippen LogP contribution < -0.4 is 5.32 Å². The number of halogens is 3. The molecule has 0 saturated carbocycles. The number of anilines is 1. The molecule has 40 heavy (non-hydrogen) atoms. The Morgan fingerprint density at radius 1 is 0.900 bits per heavy atom. The average Bonchev–Trinajstić information content (AvgIpc) is 3.33. The van der Waals surface area contributed by atoms with Crippen molar-refractivity contribution in [3.63, 3.8) is 0 Å². The molecule has 0 fully saturated rings. The maximum absolute atomic E-state index is 13.4. The summed E-state index contributed by atoms with van der Waals surface area (Å²) in [5, 5.41) is 7.61. The predicted octanol–water partition coefficient (Wildman–Crippen LogP) is 6.78. The molecule has 1 aromatic heterocycles. The van der Waals surface area contributed by atoms with Gasteiger partial charge in [-0.15, -0.1) is 0 Å². The summed E-state index contributed by atoms with van der Waals surface area (Å²) in [7, 11) is 0. The van der Waals surface area contributed by atoms with Crippen molar-refractivity contribution < 1.29 is 22.8 Å². The van der Waals surface area contributed by atoms with Crippen LogP contribution in [0.15, 0.2) is 84.9 Å². The summed E-state index contributed by atoms with van der Waals surface area (Å²) in [6.45, 7) is 7.81. The molecule has 4 aromatic rings. The monoisotopic (exact) mass is 548 g/mol. The summed E-state index contributed by atoms with van der Waals surface area (Å²) in [6, 6.07) is 22.6. The molecule has 0 radical (unpaired) electrons. The van der Waals surface area contributed by atoms with E-state index in [1.165, 1.54) is 4.90 Å². The van der Waals surface area contributed by atoms with E-state index in [2.05, 4.69) is 5.32 Å². The lowest BCUT2D eigenvalue weighted by molar-refractivity contribution is -0.137. The molecule has 2 amide bonds. The van der Waals surface area contributed by atoms with Gasteiger partial charge < -0.3 is 10.2 Å². The zero-order chi connectivity index (χ0) is 29.1. The number of rotatable bonds is 7. The van der Waals surface area contributed by atoms with E-state index in [1.54, 1.807) is 10.7 Å². The zero-order valence-corrected chi connectivity index (χ0v) is 22.8. The van der Waals surface area contributed by atoms with E-state index in [1.807, 2.05) is 82.3 Å². The molecule has 3 aromatic carbocycles. The third kappa shape index (κ3) is 6.97. The Morgan fingerprint density at radius 3 is 2.10 bits per heavy atom. The minimum absolute atomic E-state index is 0.0523. The number of nitrogens with zero attached hydrogens (tertiary/aromatic N) is 3. The summed E-state index contributed by atoms with van der Waals surface area (Å²) in [5.41, 5.74) is 2.30. The van der Waals surface area contributed by atoms with Crippen LogP contribution in [0.1, 0.15) is 53.5 Å². The average molecular weight is 549 g/mol. The molecule has 1 N–H and O–H groups in total. The number of carbonyl (C=O) groups is 2. The van der Waals surface area contributed by atoms with Crippen molar-refractivity contribution in [2.75, 3.05) is 11.9 Å². The lowest BCUT2D eigenvalue weighted by Gasteiger charge is -2.23. The highest BCUT2D eigenvalue weighted by Gasteiger charge is 2.31. The van der Waals surface area contributed by atoms with Crippen LogP contribution in [0.5, 0.6) is 0 Å². The lowest BCUT2D eigenvalue weighted by atomic mass is 9.92. The van der Waals surface area contributed by atoms with Gasteiger partial charge in [0.15, 0.2) is 0 Å². The number of aryl methyl sites for hydroxylation is 1. The van der Waals surface area contributed by atoms with Gasteiger partial charge in [-0.1, -0.05) is 68.8 Å². The molecule has 0 unspecified atom stereocenters. The number of hydrogen-bond donors (Lipinski definition) is 1. The first-order valence-electron chi connectivity index (χ1n) is 12.8. The van der Waals surface area contributed by atoms with Crippen LogP contribution in [-0.2, 0) is 22.9 Å². The third-order valence-electron chi connectivity index (χ3n) is 6.32. The minimum atomic E-state index is -4.52. The van der Waals surface area contributed by atoms with Crippen molar-refractivity contribution in [3.05, 3.63) is 113 Å². The molecule has 1 heterocycles. The molecule has 0 bridgehead atoms. The standard InChI is InChI=1S/C31H31F3N4O2/c1-21-10-16-25(17-11-21)38-27(18-26(36-38)30(2,3)4)35-28(39)20-37(19-22-8-6-5-7-9-22)29(40)23-12-14-24(15-13-23)31(32,33)34/h5-18H,19-20H2,1-4H3,(H,35,39). The van der Waals surface area contributed by atoms with Crippen molar-refractivity contribution in [2.45, 2.75) is 45.8 Å². The number of alkyl halides is 3. The first kappa shape index (κ1) is 28.6. The maximum atomic E-state index is 13.4. The van der Waals surface area contributed by atoms with Crippen LogP contribution in [0.4, 0.5) is 19.0 Å². The Hall–Kier alpha value is -4.40. The van der Waals surface area contributed by atoms with E-state index in [-0.39, 0.29) is 24.1 Å². The van der Waals surface area contributed by atoms with Gasteiger partial charge >= 0.3 is 6.18 Å².